The van der Waals surface area contributed by atoms with E-state index in [4.69, 9.17) is 16.0 Å². The van der Waals surface area contributed by atoms with Crippen molar-refractivity contribution in [2.45, 2.75) is 25.9 Å². The van der Waals surface area contributed by atoms with Crippen molar-refractivity contribution >= 4 is 17.5 Å². The second kappa shape index (κ2) is 8.49. The first-order valence-electron chi connectivity index (χ1n) is 8.25. The molecule has 3 aromatic rings. The highest BCUT2D eigenvalue weighted by molar-refractivity contribution is 6.30. The molecular weight excluding hydrogens is 354 g/mol. The van der Waals surface area contributed by atoms with Gasteiger partial charge in [-0.3, -0.25) is 9.59 Å². The molecule has 0 saturated heterocycles. The van der Waals surface area contributed by atoms with Gasteiger partial charge in [-0.1, -0.05) is 23.7 Å². The van der Waals surface area contributed by atoms with Gasteiger partial charge in [-0.2, -0.15) is 5.10 Å². The number of aromatic nitrogens is 2. The Labute approximate surface area is 155 Å². The molecule has 2 heterocycles. The standard InChI is InChI=1S/C19H18ClN3O3/c20-15-7-5-14(6-8-15)13-21-18(24)4-1-11-23-19(25)10-9-16(22-23)17-3-2-12-26-17/h2-3,5-10,12H,1,4,11,13H2,(H,21,24). The zero-order valence-corrected chi connectivity index (χ0v) is 14.8. The Balaban J connectivity index is 1.49. The van der Waals surface area contributed by atoms with E-state index in [0.717, 1.165) is 5.56 Å². The van der Waals surface area contributed by atoms with Crippen LogP contribution in [0.4, 0.5) is 0 Å². The number of furan rings is 1. The van der Waals surface area contributed by atoms with Gasteiger partial charge in [0, 0.05) is 30.6 Å². The summed E-state index contributed by atoms with van der Waals surface area (Å²) in [4.78, 5) is 23.9. The van der Waals surface area contributed by atoms with Gasteiger partial charge >= 0.3 is 0 Å². The maximum absolute atomic E-state index is 12.0. The van der Waals surface area contributed by atoms with Crippen LogP contribution < -0.4 is 10.9 Å². The van der Waals surface area contributed by atoms with Crippen LogP contribution in [0, 0.1) is 0 Å². The number of amides is 1. The molecule has 0 saturated carbocycles. The molecule has 2 aromatic heterocycles. The minimum absolute atomic E-state index is 0.0739. The van der Waals surface area contributed by atoms with Gasteiger partial charge in [0.15, 0.2) is 5.76 Å². The topological polar surface area (TPSA) is 77.1 Å². The van der Waals surface area contributed by atoms with E-state index >= 15 is 0 Å². The van der Waals surface area contributed by atoms with Crippen LogP contribution in [-0.4, -0.2) is 15.7 Å². The van der Waals surface area contributed by atoms with E-state index in [0.29, 0.717) is 42.4 Å². The van der Waals surface area contributed by atoms with E-state index < -0.39 is 0 Å². The SMILES string of the molecule is O=C(CCCn1nc(-c2ccco2)ccc1=O)NCc1ccc(Cl)cc1. The molecule has 1 amide bonds. The molecule has 0 atom stereocenters. The summed E-state index contributed by atoms with van der Waals surface area (Å²) in [6, 6.07) is 13.9. The quantitative estimate of drug-likeness (QED) is 0.691. The van der Waals surface area contributed by atoms with Crippen LogP contribution in [0.5, 0.6) is 0 Å². The van der Waals surface area contributed by atoms with Crippen molar-refractivity contribution in [3.8, 4) is 11.5 Å². The zero-order valence-electron chi connectivity index (χ0n) is 14.0. The number of benzene rings is 1. The molecule has 0 unspecified atom stereocenters. The van der Waals surface area contributed by atoms with Crippen molar-refractivity contribution in [2.75, 3.05) is 0 Å². The Morgan fingerprint density at radius 2 is 1.96 bits per heavy atom. The Bertz CT molecular complexity index is 918. The molecule has 1 aromatic carbocycles. The van der Waals surface area contributed by atoms with Crippen LogP contribution in [0.3, 0.4) is 0 Å². The van der Waals surface area contributed by atoms with E-state index in [1.165, 1.54) is 10.7 Å². The molecule has 7 heteroatoms. The van der Waals surface area contributed by atoms with Gasteiger partial charge in [0.1, 0.15) is 5.69 Å². The number of nitrogens with zero attached hydrogens (tertiary/aromatic N) is 2. The fourth-order valence-electron chi connectivity index (χ4n) is 2.45. The number of nitrogens with one attached hydrogen (secondary N) is 1. The van der Waals surface area contributed by atoms with E-state index in [9.17, 15) is 9.59 Å². The summed E-state index contributed by atoms with van der Waals surface area (Å²) in [5.74, 6) is 0.523. The molecule has 0 aliphatic heterocycles. The predicted molar refractivity (Wildman–Crippen MR) is 98.7 cm³/mol. The van der Waals surface area contributed by atoms with Crippen LogP contribution in [-0.2, 0) is 17.9 Å². The number of hydrogen-bond acceptors (Lipinski definition) is 4. The van der Waals surface area contributed by atoms with Crippen LogP contribution >= 0.6 is 11.6 Å². The Hall–Kier alpha value is -2.86. The molecule has 0 spiro atoms. The predicted octanol–water partition coefficient (Wildman–Crippen LogP) is 3.25. The third-order valence-corrected chi connectivity index (χ3v) is 4.07. The Morgan fingerprint density at radius 1 is 1.15 bits per heavy atom. The van der Waals surface area contributed by atoms with Crippen LogP contribution in [0.25, 0.3) is 11.5 Å². The van der Waals surface area contributed by atoms with Gasteiger partial charge in [-0.15, -0.1) is 0 Å². The maximum Gasteiger partial charge on any atom is 0.266 e. The Kier molecular flexibility index (Phi) is 5.86. The molecule has 0 radical (unpaired) electrons. The first-order valence-corrected chi connectivity index (χ1v) is 8.63. The largest absolute Gasteiger partial charge is 0.463 e. The lowest BCUT2D eigenvalue weighted by Crippen LogP contribution is -2.25. The van der Waals surface area contributed by atoms with Gasteiger partial charge < -0.3 is 9.73 Å². The lowest BCUT2D eigenvalue weighted by molar-refractivity contribution is -0.121. The van der Waals surface area contributed by atoms with Crippen LogP contribution in [0.1, 0.15) is 18.4 Å². The zero-order chi connectivity index (χ0) is 18.4. The summed E-state index contributed by atoms with van der Waals surface area (Å²) in [6.45, 7) is 0.809. The average Bonchev–Trinajstić information content (AvgIpc) is 3.17. The van der Waals surface area contributed by atoms with Crippen molar-refractivity contribution < 1.29 is 9.21 Å². The molecule has 0 fully saturated rings. The minimum Gasteiger partial charge on any atom is -0.463 e. The summed E-state index contributed by atoms with van der Waals surface area (Å²) in [7, 11) is 0. The summed E-state index contributed by atoms with van der Waals surface area (Å²) in [6.07, 6.45) is 2.38. The second-order valence-electron chi connectivity index (χ2n) is 5.76. The normalized spacial score (nSPS) is 10.7. The van der Waals surface area contributed by atoms with E-state index in [1.807, 2.05) is 12.1 Å². The molecule has 1 N–H and O–H groups in total. The molecular formula is C19H18ClN3O3. The summed E-state index contributed by atoms with van der Waals surface area (Å²) in [5.41, 5.74) is 1.36. The molecule has 0 bridgehead atoms. The van der Waals surface area contributed by atoms with Crippen molar-refractivity contribution in [1.29, 1.82) is 0 Å². The van der Waals surface area contributed by atoms with Crippen LogP contribution in [0.2, 0.25) is 5.02 Å². The highest BCUT2D eigenvalue weighted by Gasteiger charge is 2.07. The Morgan fingerprint density at radius 3 is 2.69 bits per heavy atom. The third kappa shape index (κ3) is 4.83. The lowest BCUT2D eigenvalue weighted by atomic mass is 10.2. The van der Waals surface area contributed by atoms with E-state index in [-0.39, 0.29) is 11.5 Å². The average molecular weight is 372 g/mol. The molecule has 6 nitrogen and oxygen atoms in total. The number of carbonyl (C=O) groups excluding carboxylic acids is 1. The summed E-state index contributed by atoms with van der Waals surface area (Å²) in [5, 5.41) is 7.79. The van der Waals surface area contributed by atoms with E-state index in [1.54, 1.807) is 36.6 Å². The number of carbonyl (C=O) groups is 1. The molecule has 0 aliphatic rings. The number of halogens is 1. The monoisotopic (exact) mass is 371 g/mol. The minimum atomic E-state index is -0.207. The third-order valence-electron chi connectivity index (χ3n) is 3.82. The van der Waals surface area contributed by atoms with Gasteiger partial charge in [-0.05, 0) is 42.3 Å². The number of aryl methyl sites for hydroxylation is 1. The van der Waals surface area contributed by atoms with Gasteiger partial charge in [-0.25, -0.2) is 4.68 Å². The highest BCUT2D eigenvalue weighted by atomic mass is 35.5. The maximum atomic E-state index is 12.0. The first-order chi connectivity index (χ1) is 12.6. The number of hydrogen-bond donors (Lipinski definition) is 1. The van der Waals surface area contributed by atoms with Crippen molar-refractivity contribution in [2.24, 2.45) is 0 Å². The molecule has 26 heavy (non-hydrogen) atoms. The highest BCUT2D eigenvalue weighted by Crippen LogP contribution is 2.15. The van der Waals surface area contributed by atoms with Crippen LogP contribution in [0.15, 0.2) is 64.0 Å². The molecule has 134 valence electrons. The van der Waals surface area contributed by atoms with Crippen molar-refractivity contribution in [1.82, 2.24) is 15.1 Å². The second-order valence-corrected chi connectivity index (χ2v) is 6.20. The van der Waals surface area contributed by atoms with Gasteiger partial charge in [0.2, 0.25) is 5.91 Å². The fourth-order valence-corrected chi connectivity index (χ4v) is 2.57. The number of rotatable bonds is 7. The van der Waals surface area contributed by atoms with Gasteiger partial charge in [0.25, 0.3) is 5.56 Å². The van der Waals surface area contributed by atoms with Crippen molar-refractivity contribution in [3.63, 3.8) is 0 Å². The molecule has 3 rings (SSSR count). The first kappa shape index (κ1) is 17.9. The smallest absolute Gasteiger partial charge is 0.266 e. The summed E-state index contributed by atoms with van der Waals surface area (Å²) < 4.78 is 6.64. The summed E-state index contributed by atoms with van der Waals surface area (Å²) >= 11 is 5.83. The lowest BCUT2D eigenvalue weighted by Gasteiger charge is -2.07. The fraction of sp³-hybridized carbons (Fsp3) is 0.211. The van der Waals surface area contributed by atoms with Gasteiger partial charge in [0.05, 0.1) is 6.26 Å². The van der Waals surface area contributed by atoms with Crippen molar-refractivity contribution in [3.05, 3.63) is 75.7 Å². The molecule has 0 aliphatic carbocycles. The van der Waals surface area contributed by atoms with E-state index in [2.05, 4.69) is 10.4 Å².